The van der Waals surface area contributed by atoms with E-state index in [0.717, 1.165) is 25.6 Å². The van der Waals surface area contributed by atoms with E-state index in [4.69, 9.17) is 0 Å². The van der Waals surface area contributed by atoms with Crippen LogP contribution < -0.4 is 5.32 Å². The zero-order valence-electron chi connectivity index (χ0n) is 13.9. The summed E-state index contributed by atoms with van der Waals surface area (Å²) in [6, 6.07) is 6.21. The third-order valence-corrected chi connectivity index (χ3v) is 4.86. The van der Waals surface area contributed by atoms with Crippen molar-refractivity contribution < 1.29 is 0 Å². The van der Waals surface area contributed by atoms with Gasteiger partial charge in [0, 0.05) is 25.8 Å². The summed E-state index contributed by atoms with van der Waals surface area (Å²) in [7, 11) is 2.09. The molecule has 1 aromatic heterocycles. The Hall–Kier alpha value is -0.930. The maximum atomic E-state index is 4.49. The Kier molecular flexibility index (Phi) is 6.19. The minimum atomic E-state index is 0.442. The van der Waals surface area contributed by atoms with Crippen LogP contribution in [0.3, 0.4) is 0 Å². The van der Waals surface area contributed by atoms with Crippen LogP contribution in [0.15, 0.2) is 24.4 Å². The van der Waals surface area contributed by atoms with Gasteiger partial charge in [-0.25, -0.2) is 0 Å². The summed E-state index contributed by atoms with van der Waals surface area (Å²) in [6.45, 7) is 9.07. The molecule has 1 aliphatic rings. The number of aromatic nitrogens is 1. The van der Waals surface area contributed by atoms with Crippen molar-refractivity contribution in [3.63, 3.8) is 0 Å². The first-order chi connectivity index (χ1) is 10.2. The third kappa shape index (κ3) is 4.79. The van der Waals surface area contributed by atoms with Crippen LogP contribution in [0.5, 0.6) is 0 Å². The van der Waals surface area contributed by atoms with E-state index >= 15 is 0 Å². The zero-order chi connectivity index (χ0) is 15.1. The van der Waals surface area contributed by atoms with Gasteiger partial charge in [-0.2, -0.15) is 0 Å². The first-order valence-electron chi connectivity index (χ1n) is 8.44. The Labute approximate surface area is 130 Å². The molecule has 1 fully saturated rings. The molecule has 2 rings (SSSR count). The molecule has 1 saturated carbocycles. The van der Waals surface area contributed by atoms with Gasteiger partial charge in [-0.3, -0.25) is 9.88 Å². The molecule has 0 amide bonds. The summed E-state index contributed by atoms with van der Waals surface area (Å²) in [4.78, 5) is 7.05. The lowest BCUT2D eigenvalue weighted by molar-refractivity contribution is 0.0801. The van der Waals surface area contributed by atoms with E-state index in [9.17, 15) is 0 Å². The number of hydrogen-bond acceptors (Lipinski definition) is 3. The molecule has 1 aliphatic carbocycles. The molecule has 3 heteroatoms. The second-order valence-corrected chi connectivity index (χ2v) is 6.86. The van der Waals surface area contributed by atoms with E-state index in [0.29, 0.717) is 5.41 Å². The fraction of sp³-hybridized carbons (Fsp3) is 0.722. The van der Waals surface area contributed by atoms with Crippen LogP contribution in [0.2, 0.25) is 0 Å². The van der Waals surface area contributed by atoms with Crippen molar-refractivity contribution in [1.82, 2.24) is 15.2 Å². The topological polar surface area (TPSA) is 28.2 Å². The maximum absolute atomic E-state index is 4.49. The van der Waals surface area contributed by atoms with Gasteiger partial charge in [-0.15, -0.1) is 0 Å². The van der Waals surface area contributed by atoms with E-state index in [1.54, 1.807) is 0 Å². The molecule has 2 unspecified atom stereocenters. The monoisotopic (exact) mass is 289 g/mol. The van der Waals surface area contributed by atoms with Crippen molar-refractivity contribution in [2.45, 2.75) is 46.1 Å². The highest BCUT2D eigenvalue weighted by molar-refractivity contribution is 5.03. The van der Waals surface area contributed by atoms with Gasteiger partial charge in [0.15, 0.2) is 0 Å². The molecule has 2 atom stereocenters. The molecular weight excluding hydrogens is 258 g/mol. The van der Waals surface area contributed by atoms with Gasteiger partial charge in [-0.1, -0.05) is 32.8 Å². The molecule has 3 nitrogen and oxygen atoms in total. The van der Waals surface area contributed by atoms with E-state index in [1.807, 2.05) is 12.3 Å². The van der Waals surface area contributed by atoms with E-state index in [1.165, 1.54) is 37.9 Å². The molecule has 1 aromatic rings. The Morgan fingerprint density at radius 3 is 2.90 bits per heavy atom. The molecule has 0 bridgehead atoms. The normalized spacial score (nSPS) is 26.2. The highest BCUT2D eigenvalue weighted by atomic mass is 15.1. The van der Waals surface area contributed by atoms with Gasteiger partial charge >= 0.3 is 0 Å². The molecule has 21 heavy (non-hydrogen) atoms. The van der Waals surface area contributed by atoms with Crippen LogP contribution in [-0.4, -0.2) is 36.6 Å². The minimum Gasteiger partial charge on any atom is -0.319 e. The smallest absolute Gasteiger partial charge is 0.0543 e. The largest absolute Gasteiger partial charge is 0.319 e. The Morgan fingerprint density at radius 1 is 1.43 bits per heavy atom. The van der Waals surface area contributed by atoms with Crippen molar-refractivity contribution in [2.24, 2.45) is 11.3 Å². The number of pyridine rings is 1. The molecule has 118 valence electrons. The molecule has 0 aromatic carbocycles. The van der Waals surface area contributed by atoms with Crippen molar-refractivity contribution in [2.75, 3.05) is 26.7 Å². The minimum absolute atomic E-state index is 0.442. The van der Waals surface area contributed by atoms with Gasteiger partial charge < -0.3 is 5.32 Å². The molecule has 0 saturated heterocycles. The number of nitrogens with one attached hydrogen (secondary N) is 1. The molecule has 0 aliphatic heterocycles. The second-order valence-electron chi connectivity index (χ2n) is 6.86. The Balaban J connectivity index is 2.03. The van der Waals surface area contributed by atoms with Gasteiger partial charge in [-0.05, 0) is 49.9 Å². The maximum Gasteiger partial charge on any atom is 0.0543 e. The van der Waals surface area contributed by atoms with Crippen LogP contribution in [0.25, 0.3) is 0 Å². The van der Waals surface area contributed by atoms with Gasteiger partial charge in [0.25, 0.3) is 0 Å². The highest BCUT2D eigenvalue weighted by Gasteiger charge is 2.35. The zero-order valence-corrected chi connectivity index (χ0v) is 13.9. The van der Waals surface area contributed by atoms with E-state index in [-0.39, 0.29) is 0 Å². The van der Waals surface area contributed by atoms with Crippen LogP contribution in [-0.2, 0) is 6.54 Å². The lowest BCUT2D eigenvalue weighted by Gasteiger charge is -2.43. The van der Waals surface area contributed by atoms with Gasteiger partial charge in [0.05, 0.1) is 5.69 Å². The first kappa shape index (κ1) is 16.4. The predicted octanol–water partition coefficient (Wildman–Crippen LogP) is 3.32. The molecule has 0 spiro atoms. The number of nitrogens with zero attached hydrogens (tertiary/aromatic N) is 2. The van der Waals surface area contributed by atoms with E-state index < -0.39 is 0 Å². The van der Waals surface area contributed by atoms with Crippen LogP contribution in [0, 0.1) is 11.3 Å². The summed E-state index contributed by atoms with van der Waals surface area (Å²) < 4.78 is 0. The second kappa shape index (κ2) is 7.90. The van der Waals surface area contributed by atoms with E-state index in [2.05, 4.69) is 48.2 Å². The fourth-order valence-corrected chi connectivity index (χ4v) is 3.98. The van der Waals surface area contributed by atoms with Crippen LogP contribution in [0.4, 0.5) is 0 Å². The predicted molar refractivity (Wildman–Crippen MR) is 89.2 cm³/mol. The van der Waals surface area contributed by atoms with Gasteiger partial charge in [0.1, 0.15) is 0 Å². The summed E-state index contributed by atoms with van der Waals surface area (Å²) in [5.74, 6) is 0.862. The number of rotatable bonds is 7. The molecular formula is C18H31N3. The van der Waals surface area contributed by atoms with Crippen molar-refractivity contribution >= 4 is 0 Å². The third-order valence-electron chi connectivity index (χ3n) is 4.86. The molecule has 1 N–H and O–H groups in total. The van der Waals surface area contributed by atoms with Crippen molar-refractivity contribution in [1.29, 1.82) is 0 Å². The highest BCUT2D eigenvalue weighted by Crippen LogP contribution is 2.39. The summed E-state index contributed by atoms with van der Waals surface area (Å²) in [6.07, 6.45) is 7.39. The lowest BCUT2D eigenvalue weighted by Crippen LogP contribution is -2.46. The number of hydrogen-bond donors (Lipinski definition) is 1. The Morgan fingerprint density at radius 2 is 2.29 bits per heavy atom. The standard InChI is InChI=1S/C18H31N3/c1-4-21(13-17-9-5-6-11-20-17)15-18(14-19-3)10-7-8-16(2)12-18/h5-6,9,11,16,19H,4,7-8,10,12-15H2,1-3H3. The summed E-state index contributed by atoms with van der Waals surface area (Å²) >= 11 is 0. The van der Waals surface area contributed by atoms with Gasteiger partial charge in [0.2, 0.25) is 0 Å². The summed E-state index contributed by atoms with van der Waals surface area (Å²) in [5.41, 5.74) is 1.62. The Bertz CT molecular complexity index is 402. The lowest BCUT2D eigenvalue weighted by atomic mass is 9.69. The van der Waals surface area contributed by atoms with Crippen LogP contribution in [0.1, 0.15) is 45.2 Å². The fourth-order valence-electron chi connectivity index (χ4n) is 3.98. The summed E-state index contributed by atoms with van der Waals surface area (Å²) in [5, 5.41) is 3.45. The average molecular weight is 289 g/mol. The SMILES string of the molecule is CCN(Cc1ccccn1)CC1(CNC)CCCC(C)C1. The van der Waals surface area contributed by atoms with Crippen molar-refractivity contribution in [3.8, 4) is 0 Å². The molecule has 1 heterocycles. The average Bonchev–Trinajstić information content (AvgIpc) is 2.48. The quantitative estimate of drug-likeness (QED) is 0.834. The van der Waals surface area contributed by atoms with Crippen molar-refractivity contribution in [3.05, 3.63) is 30.1 Å². The molecule has 0 radical (unpaired) electrons. The van der Waals surface area contributed by atoms with Crippen LogP contribution >= 0.6 is 0 Å². The first-order valence-corrected chi connectivity index (χ1v) is 8.44.